The number of anilines is 1. The van der Waals surface area contributed by atoms with Gasteiger partial charge in [-0.2, -0.15) is 0 Å². The molecule has 2 rings (SSSR count). The summed E-state index contributed by atoms with van der Waals surface area (Å²) >= 11 is 6.02. The summed E-state index contributed by atoms with van der Waals surface area (Å²) in [6.07, 6.45) is 0. The summed E-state index contributed by atoms with van der Waals surface area (Å²) in [5.41, 5.74) is 0.448. The number of ether oxygens (including phenoxy) is 1. The van der Waals surface area contributed by atoms with Crippen LogP contribution in [0.1, 0.15) is 0 Å². The van der Waals surface area contributed by atoms with Crippen LogP contribution in [0.4, 0.5) is 5.69 Å². The number of hydrogen-bond donors (Lipinski definition) is 2. The Morgan fingerprint density at radius 2 is 1.87 bits per heavy atom. The summed E-state index contributed by atoms with van der Waals surface area (Å²) in [5, 5.41) is 2.51. The van der Waals surface area contributed by atoms with Crippen molar-refractivity contribution in [1.29, 1.82) is 0 Å². The fourth-order valence-corrected chi connectivity index (χ4v) is 3.09. The third kappa shape index (κ3) is 4.61. The van der Waals surface area contributed by atoms with Crippen LogP contribution < -0.4 is 14.8 Å². The van der Waals surface area contributed by atoms with Crippen molar-refractivity contribution < 1.29 is 17.9 Å². The minimum absolute atomic E-state index is 0.00125. The average Bonchev–Trinajstić information content (AvgIpc) is 2.53. The molecule has 0 spiro atoms. The standard InChI is InChI=1S/C15H15ClN2O4S/c1-17-15(19)10-22-14-8-7-12(9-13(14)16)23(20,21)18-11-5-3-2-4-6-11/h2-9,18H,10H2,1H3,(H,17,19). The van der Waals surface area contributed by atoms with Gasteiger partial charge in [0.15, 0.2) is 6.61 Å². The predicted molar refractivity (Wildman–Crippen MR) is 88.3 cm³/mol. The van der Waals surface area contributed by atoms with Gasteiger partial charge in [-0.25, -0.2) is 8.42 Å². The van der Waals surface area contributed by atoms with Gasteiger partial charge in [0.25, 0.3) is 15.9 Å². The van der Waals surface area contributed by atoms with Crippen LogP contribution in [0.2, 0.25) is 5.02 Å². The minimum atomic E-state index is -3.76. The highest BCUT2D eigenvalue weighted by Gasteiger charge is 2.16. The van der Waals surface area contributed by atoms with Crippen LogP contribution in [-0.2, 0) is 14.8 Å². The van der Waals surface area contributed by atoms with Gasteiger partial charge >= 0.3 is 0 Å². The Morgan fingerprint density at radius 3 is 2.48 bits per heavy atom. The Labute approximate surface area is 139 Å². The number of nitrogens with one attached hydrogen (secondary N) is 2. The number of halogens is 1. The van der Waals surface area contributed by atoms with Crippen LogP contribution in [0.5, 0.6) is 5.75 Å². The topological polar surface area (TPSA) is 84.5 Å². The van der Waals surface area contributed by atoms with E-state index in [1.54, 1.807) is 30.3 Å². The van der Waals surface area contributed by atoms with Crippen molar-refractivity contribution in [3.8, 4) is 5.75 Å². The summed E-state index contributed by atoms with van der Waals surface area (Å²) in [6.45, 7) is -0.204. The molecule has 0 aliphatic carbocycles. The van der Waals surface area contributed by atoms with Crippen molar-refractivity contribution in [2.75, 3.05) is 18.4 Å². The summed E-state index contributed by atoms with van der Waals surface area (Å²) in [5.74, 6) is -0.0857. The maximum atomic E-state index is 12.3. The second-order valence-corrected chi connectivity index (χ2v) is 6.62. The van der Waals surface area contributed by atoms with E-state index in [4.69, 9.17) is 16.3 Å². The smallest absolute Gasteiger partial charge is 0.261 e. The summed E-state index contributed by atoms with van der Waals surface area (Å²) in [6, 6.07) is 12.5. The molecule has 0 aromatic heterocycles. The molecule has 0 saturated carbocycles. The van der Waals surface area contributed by atoms with Crippen LogP contribution in [0, 0.1) is 0 Å². The highest BCUT2D eigenvalue weighted by atomic mass is 35.5. The van der Waals surface area contributed by atoms with Gasteiger partial charge in [0.2, 0.25) is 0 Å². The summed E-state index contributed by atoms with van der Waals surface area (Å²) < 4.78 is 32.3. The molecule has 23 heavy (non-hydrogen) atoms. The van der Waals surface area contributed by atoms with Gasteiger partial charge in [-0.3, -0.25) is 9.52 Å². The number of benzene rings is 2. The minimum Gasteiger partial charge on any atom is -0.482 e. The molecule has 0 aliphatic heterocycles. The second-order valence-electron chi connectivity index (χ2n) is 4.53. The number of carbonyl (C=O) groups is 1. The molecule has 0 heterocycles. The average molecular weight is 355 g/mol. The molecule has 0 radical (unpaired) electrons. The molecule has 2 N–H and O–H groups in total. The van der Waals surface area contributed by atoms with Crippen LogP contribution >= 0.6 is 11.6 Å². The molecule has 122 valence electrons. The van der Waals surface area contributed by atoms with E-state index in [0.29, 0.717) is 5.69 Å². The van der Waals surface area contributed by atoms with Gasteiger partial charge in [0, 0.05) is 12.7 Å². The lowest BCUT2D eigenvalue weighted by molar-refractivity contribution is -0.122. The highest BCUT2D eigenvalue weighted by Crippen LogP contribution is 2.28. The predicted octanol–water partition coefficient (Wildman–Crippen LogP) is 2.27. The largest absolute Gasteiger partial charge is 0.482 e. The van der Waals surface area contributed by atoms with Gasteiger partial charge < -0.3 is 10.1 Å². The number of para-hydroxylation sites is 1. The lowest BCUT2D eigenvalue weighted by atomic mass is 10.3. The van der Waals surface area contributed by atoms with Crippen molar-refractivity contribution in [2.45, 2.75) is 4.90 Å². The molecule has 2 aromatic rings. The second kappa shape index (κ2) is 7.34. The number of rotatable bonds is 6. The van der Waals surface area contributed by atoms with Crippen LogP contribution in [0.15, 0.2) is 53.4 Å². The number of sulfonamides is 1. The zero-order valence-electron chi connectivity index (χ0n) is 12.2. The van der Waals surface area contributed by atoms with Crippen molar-refractivity contribution in [3.05, 3.63) is 53.6 Å². The summed E-state index contributed by atoms with van der Waals surface area (Å²) in [7, 11) is -2.27. The van der Waals surface area contributed by atoms with Crippen molar-refractivity contribution in [2.24, 2.45) is 0 Å². The molecule has 1 amide bonds. The van der Waals surface area contributed by atoms with E-state index in [2.05, 4.69) is 10.0 Å². The van der Waals surface area contributed by atoms with E-state index in [0.717, 1.165) is 0 Å². The molecule has 6 nitrogen and oxygen atoms in total. The van der Waals surface area contributed by atoms with Crippen LogP contribution in [0.3, 0.4) is 0 Å². The van der Waals surface area contributed by atoms with Gasteiger partial charge in [-0.1, -0.05) is 29.8 Å². The third-order valence-electron chi connectivity index (χ3n) is 2.88. The van der Waals surface area contributed by atoms with E-state index < -0.39 is 10.0 Å². The lowest BCUT2D eigenvalue weighted by Gasteiger charge is -2.11. The Kier molecular flexibility index (Phi) is 5.46. The molecule has 0 bridgehead atoms. The van der Waals surface area contributed by atoms with Crippen molar-refractivity contribution >= 4 is 33.2 Å². The molecule has 2 aromatic carbocycles. The highest BCUT2D eigenvalue weighted by molar-refractivity contribution is 7.92. The fourth-order valence-electron chi connectivity index (χ4n) is 1.70. The molecule has 0 saturated heterocycles. The van der Waals surface area contributed by atoms with E-state index >= 15 is 0 Å². The van der Waals surface area contributed by atoms with Crippen LogP contribution in [0.25, 0.3) is 0 Å². The lowest BCUT2D eigenvalue weighted by Crippen LogP contribution is -2.24. The van der Waals surface area contributed by atoms with Crippen molar-refractivity contribution in [3.63, 3.8) is 0 Å². The number of hydrogen-bond acceptors (Lipinski definition) is 4. The molecular formula is C15H15ClN2O4S. The molecule has 0 unspecified atom stereocenters. The maximum Gasteiger partial charge on any atom is 0.261 e. The molecule has 8 heteroatoms. The van der Waals surface area contributed by atoms with E-state index in [1.165, 1.54) is 25.2 Å². The third-order valence-corrected chi connectivity index (χ3v) is 4.55. The normalized spacial score (nSPS) is 10.9. The first-order valence-electron chi connectivity index (χ1n) is 6.63. The summed E-state index contributed by atoms with van der Waals surface area (Å²) in [4.78, 5) is 11.1. The maximum absolute atomic E-state index is 12.3. The van der Waals surface area contributed by atoms with Crippen molar-refractivity contribution in [1.82, 2.24) is 5.32 Å². The molecule has 0 aliphatic rings. The number of carbonyl (C=O) groups excluding carboxylic acids is 1. The van der Waals surface area contributed by atoms with Gasteiger partial charge in [0.05, 0.1) is 9.92 Å². The molecule has 0 fully saturated rings. The zero-order valence-corrected chi connectivity index (χ0v) is 13.8. The molecular weight excluding hydrogens is 340 g/mol. The number of amides is 1. The molecule has 0 atom stereocenters. The van der Waals surface area contributed by atoms with E-state index in [-0.39, 0.29) is 28.2 Å². The number of likely N-dealkylation sites (N-methyl/N-ethyl adjacent to an activating group) is 1. The van der Waals surface area contributed by atoms with E-state index in [9.17, 15) is 13.2 Å². The monoisotopic (exact) mass is 354 g/mol. The first-order valence-corrected chi connectivity index (χ1v) is 8.49. The van der Waals surface area contributed by atoms with E-state index in [1.807, 2.05) is 0 Å². The Bertz CT molecular complexity index is 794. The van der Waals surface area contributed by atoms with Gasteiger partial charge in [-0.15, -0.1) is 0 Å². The Morgan fingerprint density at radius 1 is 1.17 bits per heavy atom. The van der Waals surface area contributed by atoms with Gasteiger partial charge in [-0.05, 0) is 30.3 Å². The Balaban J connectivity index is 2.17. The quantitative estimate of drug-likeness (QED) is 0.833. The SMILES string of the molecule is CNC(=O)COc1ccc(S(=O)(=O)Nc2ccccc2)cc1Cl. The first-order chi connectivity index (χ1) is 10.9. The first kappa shape index (κ1) is 17.1. The zero-order chi connectivity index (χ0) is 16.9. The Hall–Kier alpha value is -2.25. The van der Waals surface area contributed by atoms with Gasteiger partial charge in [0.1, 0.15) is 5.75 Å². The fraction of sp³-hybridized carbons (Fsp3) is 0.133. The van der Waals surface area contributed by atoms with Crippen LogP contribution in [-0.4, -0.2) is 28.0 Å².